The quantitative estimate of drug-likeness (QED) is 0.0513. The lowest BCUT2D eigenvalue weighted by Gasteiger charge is -2.15. The van der Waals surface area contributed by atoms with Crippen molar-refractivity contribution in [1.82, 2.24) is 0 Å². The average Bonchev–Trinajstić information content (AvgIpc) is 2.96. The van der Waals surface area contributed by atoms with Crippen molar-refractivity contribution in [2.24, 2.45) is 0 Å². The minimum absolute atomic E-state index is 0.0650. The lowest BCUT2D eigenvalue weighted by molar-refractivity contribution is -0.161. The molecule has 0 fully saturated rings. The van der Waals surface area contributed by atoms with Gasteiger partial charge < -0.3 is 14.6 Å². The zero-order valence-electron chi connectivity index (χ0n) is 26.6. The summed E-state index contributed by atoms with van der Waals surface area (Å²) < 4.78 is 10.5. The van der Waals surface area contributed by atoms with Crippen molar-refractivity contribution in [3.63, 3.8) is 0 Å². The van der Waals surface area contributed by atoms with Gasteiger partial charge in [0.2, 0.25) is 0 Å². The van der Waals surface area contributed by atoms with E-state index in [1.807, 2.05) is 0 Å². The molecule has 1 N–H and O–H groups in total. The van der Waals surface area contributed by atoms with Gasteiger partial charge in [0, 0.05) is 12.8 Å². The van der Waals surface area contributed by atoms with Crippen LogP contribution in [0.25, 0.3) is 0 Å². The maximum Gasteiger partial charge on any atom is 0.306 e. The largest absolute Gasteiger partial charge is 0.462 e. The summed E-state index contributed by atoms with van der Waals surface area (Å²) in [6, 6.07) is 0. The summed E-state index contributed by atoms with van der Waals surface area (Å²) in [4.78, 5) is 24.1. The third-order valence-corrected chi connectivity index (χ3v) is 7.56. The van der Waals surface area contributed by atoms with Crippen LogP contribution in [0.4, 0.5) is 0 Å². The molecular formula is C35H66O5. The summed E-state index contributed by atoms with van der Waals surface area (Å²) in [7, 11) is 0. The zero-order valence-corrected chi connectivity index (χ0v) is 26.6. The van der Waals surface area contributed by atoms with Crippen molar-refractivity contribution < 1.29 is 24.2 Å². The first-order valence-electron chi connectivity index (χ1n) is 17.2. The van der Waals surface area contributed by atoms with Crippen LogP contribution in [0.2, 0.25) is 0 Å². The summed E-state index contributed by atoms with van der Waals surface area (Å²) in [5, 5.41) is 9.50. The Kier molecular flexibility index (Phi) is 31.1. The van der Waals surface area contributed by atoms with E-state index in [9.17, 15) is 14.7 Å². The van der Waals surface area contributed by atoms with Gasteiger partial charge in [0.05, 0.1) is 6.61 Å². The SMILES string of the molecule is CCCCCC/C=C\CCCCCCCC(=O)OC[C@H](CO)OC(=O)CCCCCCCCCCCCCCC. The fraction of sp³-hybridized carbons (Fsp3) is 0.886. The molecule has 0 bridgehead atoms. The van der Waals surface area contributed by atoms with Crippen LogP contribution in [0.5, 0.6) is 0 Å². The van der Waals surface area contributed by atoms with Gasteiger partial charge in [-0.1, -0.05) is 142 Å². The van der Waals surface area contributed by atoms with E-state index in [2.05, 4.69) is 26.0 Å². The van der Waals surface area contributed by atoms with Crippen LogP contribution in [-0.2, 0) is 19.1 Å². The van der Waals surface area contributed by atoms with E-state index in [0.29, 0.717) is 12.8 Å². The van der Waals surface area contributed by atoms with E-state index in [0.717, 1.165) is 44.9 Å². The summed E-state index contributed by atoms with van der Waals surface area (Å²) >= 11 is 0. The molecule has 0 aromatic rings. The average molecular weight is 567 g/mol. The highest BCUT2D eigenvalue weighted by Gasteiger charge is 2.16. The maximum absolute atomic E-state index is 12.1. The van der Waals surface area contributed by atoms with Crippen LogP contribution >= 0.6 is 0 Å². The molecule has 1 atom stereocenters. The van der Waals surface area contributed by atoms with Crippen LogP contribution in [0.15, 0.2) is 12.2 Å². The predicted octanol–water partition coefficient (Wildman–Crippen LogP) is 10.2. The smallest absolute Gasteiger partial charge is 0.306 e. The monoisotopic (exact) mass is 566 g/mol. The molecule has 0 aliphatic heterocycles. The second-order valence-corrected chi connectivity index (χ2v) is 11.6. The van der Waals surface area contributed by atoms with Crippen molar-refractivity contribution in [3.8, 4) is 0 Å². The number of ether oxygens (including phenoxy) is 2. The maximum atomic E-state index is 12.1. The Morgan fingerprint density at radius 2 is 0.925 bits per heavy atom. The molecule has 0 saturated heterocycles. The van der Waals surface area contributed by atoms with Crippen molar-refractivity contribution in [3.05, 3.63) is 12.2 Å². The number of hydrogen-bond donors (Lipinski definition) is 1. The molecule has 0 radical (unpaired) electrons. The fourth-order valence-electron chi connectivity index (χ4n) is 4.90. The Balaban J connectivity index is 3.57. The molecule has 0 unspecified atom stereocenters. The molecule has 0 amide bonds. The molecule has 0 spiro atoms. The molecule has 0 aromatic carbocycles. The number of carbonyl (C=O) groups excluding carboxylic acids is 2. The molecule has 236 valence electrons. The third-order valence-electron chi connectivity index (χ3n) is 7.56. The first-order valence-corrected chi connectivity index (χ1v) is 17.2. The van der Waals surface area contributed by atoms with Gasteiger partial charge in [0.15, 0.2) is 6.10 Å². The molecular weight excluding hydrogens is 500 g/mol. The molecule has 0 aromatic heterocycles. The molecule has 0 aliphatic rings. The van der Waals surface area contributed by atoms with Crippen LogP contribution in [0.3, 0.4) is 0 Å². The van der Waals surface area contributed by atoms with Gasteiger partial charge in [-0.2, -0.15) is 0 Å². The van der Waals surface area contributed by atoms with Crippen molar-refractivity contribution >= 4 is 11.9 Å². The molecule has 0 aliphatic carbocycles. The van der Waals surface area contributed by atoms with Crippen LogP contribution < -0.4 is 0 Å². The van der Waals surface area contributed by atoms with Crippen molar-refractivity contribution in [2.75, 3.05) is 13.2 Å². The number of esters is 2. The van der Waals surface area contributed by atoms with E-state index < -0.39 is 6.10 Å². The van der Waals surface area contributed by atoms with Gasteiger partial charge >= 0.3 is 11.9 Å². The molecule has 5 nitrogen and oxygen atoms in total. The summed E-state index contributed by atoms with van der Waals surface area (Å²) in [5.41, 5.74) is 0. The molecule has 40 heavy (non-hydrogen) atoms. The standard InChI is InChI=1S/C35H66O5/c1-3-5-7-9-11-13-15-17-19-21-23-25-27-29-34(37)39-32-33(31-36)40-35(38)30-28-26-24-22-20-18-16-14-12-10-8-6-4-2/h13,15,33,36H,3-12,14,16-32H2,1-2H3/b15-13-/t33-/m0/s1. The normalized spacial score (nSPS) is 12.2. The van der Waals surface area contributed by atoms with E-state index >= 15 is 0 Å². The number of aliphatic hydroxyl groups is 1. The van der Waals surface area contributed by atoms with Gasteiger partial charge in [-0.25, -0.2) is 0 Å². The van der Waals surface area contributed by atoms with Gasteiger partial charge in [-0.15, -0.1) is 0 Å². The number of allylic oxidation sites excluding steroid dienone is 2. The zero-order chi connectivity index (χ0) is 29.4. The fourth-order valence-corrected chi connectivity index (χ4v) is 4.90. The Morgan fingerprint density at radius 1 is 0.550 bits per heavy atom. The van der Waals surface area contributed by atoms with Crippen molar-refractivity contribution in [2.45, 2.75) is 187 Å². The highest BCUT2D eigenvalue weighted by atomic mass is 16.6. The molecule has 0 saturated carbocycles. The summed E-state index contributed by atoms with van der Waals surface area (Å²) in [5.74, 6) is -0.596. The topological polar surface area (TPSA) is 72.8 Å². The van der Waals surface area contributed by atoms with Crippen molar-refractivity contribution in [1.29, 1.82) is 0 Å². The van der Waals surface area contributed by atoms with E-state index in [-0.39, 0.29) is 25.2 Å². The molecule has 0 rings (SSSR count). The summed E-state index contributed by atoms with van der Waals surface area (Å²) in [6.07, 6.45) is 34.0. The van der Waals surface area contributed by atoms with E-state index in [4.69, 9.17) is 9.47 Å². The number of aliphatic hydroxyl groups excluding tert-OH is 1. The molecule has 0 heterocycles. The molecule has 5 heteroatoms. The Hall–Kier alpha value is -1.36. The van der Waals surface area contributed by atoms with Gasteiger partial charge in [-0.05, 0) is 38.5 Å². The highest BCUT2D eigenvalue weighted by Crippen LogP contribution is 2.14. The Bertz CT molecular complexity index is 574. The summed E-state index contributed by atoms with van der Waals surface area (Å²) in [6.45, 7) is 4.11. The lowest BCUT2D eigenvalue weighted by Crippen LogP contribution is -2.28. The predicted molar refractivity (Wildman–Crippen MR) is 168 cm³/mol. The minimum atomic E-state index is -0.766. The van der Waals surface area contributed by atoms with Crippen LogP contribution in [0.1, 0.15) is 181 Å². The first kappa shape index (κ1) is 38.6. The van der Waals surface area contributed by atoms with Gasteiger partial charge in [0.1, 0.15) is 6.61 Å². The highest BCUT2D eigenvalue weighted by molar-refractivity contribution is 5.70. The third kappa shape index (κ3) is 29.6. The van der Waals surface area contributed by atoms with Gasteiger partial charge in [0.25, 0.3) is 0 Å². The number of rotatable bonds is 31. The minimum Gasteiger partial charge on any atom is -0.462 e. The number of unbranched alkanes of at least 4 members (excludes halogenated alkanes) is 21. The van der Waals surface area contributed by atoms with Crippen LogP contribution in [0, 0.1) is 0 Å². The second kappa shape index (κ2) is 32.2. The number of carbonyl (C=O) groups is 2. The first-order chi connectivity index (χ1) is 19.6. The Labute approximate surface area is 248 Å². The number of hydrogen-bond acceptors (Lipinski definition) is 5. The lowest BCUT2D eigenvalue weighted by atomic mass is 10.0. The van der Waals surface area contributed by atoms with E-state index in [1.54, 1.807) is 0 Å². The van der Waals surface area contributed by atoms with Gasteiger partial charge in [-0.3, -0.25) is 9.59 Å². The van der Waals surface area contributed by atoms with E-state index in [1.165, 1.54) is 109 Å². The van der Waals surface area contributed by atoms with Crippen LogP contribution in [-0.4, -0.2) is 36.4 Å². The second-order valence-electron chi connectivity index (χ2n) is 11.6. The Morgan fingerprint density at radius 3 is 1.38 bits per heavy atom.